The van der Waals surface area contributed by atoms with Gasteiger partial charge in [0.1, 0.15) is 0 Å². The van der Waals surface area contributed by atoms with Gasteiger partial charge < -0.3 is 10.2 Å². The molecule has 0 radical (unpaired) electrons. The lowest BCUT2D eigenvalue weighted by atomic mass is 9.88. The second kappa shape index (κ2) is 11.8. The highest BCUT2D eigenvalue weighted by Gasteiger charge is 2.30. The lowest BCUT2D eigenvalue weighted by Gasteiger charge is -2.27. The van der Waals surface area contributed by atoms with Crippen molar-refractivity contribution in [1.29, 1.82) is 0 Å². The number of nitrogens with one attached hydrogen (secondary N) is 1. The summed E-state index contributed by atoms with van der Waals surface area (Å²) in [5.41, 5.74) is 3.89. The first-order valence-electron chi connectivity index (χ1n) is 12.2. The summed E-state index contributed by atoms with van der Waals surface area (Å²) < 4.78 is 39.1. The van der Waals surface area contributed by atoms with E-state index in [1.165, 1.54) is 12.1 Å². The number of hydrogen-bond donors (Lipinski definition) is 1. The zero-order valence-corrected chi connectivity index (χ0v) is 20.6. The van der Waals surface area contributed by atoms with E-state index in [0.29, 0.717) is 24.2 Å². The minimum atomic E-state index is -4.40. The molecule has 0 saturated carbocycles. The van der Waals surface area contributed by atoms with Gasteiger partial charge >= 0.3 is 12.2 Å². The number of carbonyl (C=O) groups is 1. The van der Waals surface area contributed by atoms with Gasteiger partial charge in [-0.2, -0.15) is 13.2 Å². The molecule has 0 aliphatic heterocycles. The molecule has 37 heavy (non-hydrogen) atoms. The minimum Gasteiger partial charge on any atom is -0.320 e. The lowest BCUT2D eigenvalue weighted by Crippen LogP contribution is -2.36. The maximum Gasteiger partial charge on any atom is 0.416 e. The number of rotatable bonds is 8. The van der Waals surface area contributed by atoms with E-state index in [0.717, 1.165) is 28.8 Å². The molecule has 0 aromatic heterocycles. The predicted molar refractivity (Wildman–Crippen MR) is 141 cm³/mol. The second-order valence-corrected chi connectivity index (χ2v) is 9.08. The number of urea groups is 1. The van der Waals surface area contributed by atoms with Crippen molar-refractivity contribution in [2.45, 2.75) is 32.0 Å². The normalized spacial score (nSPS) is 11.4. The van der Waals surface area contributed by atoms with Crippen molar-refractivity contribution in [3.63, 3.8) is 0 Å². The van der Waals surface area contributed by atoms with E-state index < -0.39 is 11.7 Å². The summed E-state index contributed by atoms with van der Waals surface area (Å²) >= 11 is 0. The fraction of sp³-hybridized carbons (Fsp3) is 0.194. The van der Waals surface area contributed by atoms with Crippen molar-refractivity contribution >= 4 is 11.7 Å². The zero-order valence-electron chi connectivity index (χ0n) is 20.6. The quantitative estimate of drug-likeness (QED) is 0.258. The molecule has 0 unspecified atom stereocenters. The van der Waals surface area contributed by atoms with Crippen molar-refractivity contribution in [3.8, 4) is 0 Å². The molecule has 4 rings (SSSR count). The molecule has 0 heterocycles. The van der Waals surface area contributed by atoms with E-state index in [4.69, 9.17) is 0 Å². The first kappa shape index (κ1) is 26.0. The van der Waals surface area contributed by atoms with E-state index in [1.54, 1.807) is 4.90 Å². The third-order valence-electron chi connectivity index (χ3n) is 6.30. The van der Waals surface area contributed by atoms with Crippen LogP contribution in [-0.2, 0) is 12.7 Å². The average Bonchev–Trinajstić information content (AvgIpc) is 2.89. The van der Waals surface area contributed by atoms with Crippen LogP contribution >= 0.6 is 0 Å². The van der Waals surface area contributed by atoms with E-state index in [1.807, 2.05) is 67.6 Å². The van der Waals surface area contributed by atoms with Crippen LogP contribution in [0.5, 0.6) is 0 Å². The lowest BCUT2D eigenvalue weighted by molar-refractivity contribution is -0.137. The Kier molecular flexibility index (Phi) is 8.29. The van der Waals surface area contributed by atoms with Gasteiger partial charge in [0.15, 0.2) is 0 Å². The van der Waals surface area contributed by atoms with Crippen molar-refractivity contribution in [2.24, 2.45) is 0 Å². The van der Waals surface area contributed by atoms with Gasteiger partial charge in [-0.25, -0.2) is 4.79 Å². The van der Waals surface area contributed by atoms with Crippen LogP contribution in [-0.4, -0.2) is 17.5 Å². The Bertz CT molecular complexity index is 1250. The summed E-state index contributed by atoms with van der Waals surface area (Å²) in [5, 5.41) is 2.95. The van der Waals surface area contributed by atoms with E-state index in [-0.39, 0.29) is 18.5 Å². The maximum atomic E-state index is 13.4. The Balaban J connectivity index is 1.58. The van der Waals surface area contributed by atoms with Crippen molar-refractivity contribution in [3.05, 3.63) is 137 Å². The van der Waals surface area contributed by atoms with Crippen LogP contribution in [0.2, 0.25) is 0 Å². The molecule has 0 bridgehead atoms. The monoisotopic (exact) mass is 502 g/mol. The number of halogens is 3. The number of aryl methyl sites for hydroxylation is 1. The summed E-state index contributed by atoms with van der Waals surface area (Å²) in [6.07, 6.45) is -3.75. The van der Waals surface area contributed by atoms with Crippen molar-refractivity contribution in [2.75, 3.05) is 11.9 Å². The van der Waals surface area contributed by atoms with Crippen LogP contribution in [0.3, 0.4) is 0 Å². The summed E-state index contributed by atoms with van der Waals surface area (Å²) in [6.45, 7) is 2.54. The molecule has 190 valence electrons. The van der Waals surface area contributed by atoms with E-state index >= 15 is 0 Å². The Morgan fingerprint density at radius 2 is 1.41 bits per heavy atom. The van der Waals surface area contributed by atoms with Gasteiger partial charge in [0.2, 0.25) is 0 Å². The van der Waals surface area contributed by atoms with Crippen LogP contribution < -0.4 is 5.32 Å². The van der Waals surface area contributed by atoms with Gasteiger partial charge in [0, 0.05) is 24.7 Å². The number of benzene rings is 4. The van der Waals surface area contributed by atoms with Crippen LogP contribution in [0.4, 0.5) is 23.7 Å². The highest BCUT2D eigenvalue weighted by molar-refractivity contribution is 5.89. The third kappa shape index (κ3) is 7.23. The third-order valence-corrected chi connectivity index (χ3v) is 6.30. The largest absolute Gasteiger partial charge is 0.416 e. The Hall–Kier alpha value is -4.06. The Morgan fingerprint density at radius 3 is 1.95 bits per heavy atom. The fourth-order valence-electron chi connectivity index (χ4n) is 4.38. The molecule has 0 aliphatic rings. The van der Waals surface area contributed by atoms with Crippen LogP contribution in [0.15, 0.2) is 109 Å². The average molecular weight is 503 g/mol. The SMILES string of the molecule is Cc1cccc(NC(=O)N(CCC(c2ccccc2)c2ccccc2)Cc2ccc(C(F)(F)F)cc2)c1. The Labute approximate surface area is 215 Å². The molecule has 0 atom stereocenters. The summed E-state index contributed by atoms with van der Waals surface area (Å²) in [7, 11) is 0. The van der Waals surface area contributed by atoms with Gasteiger partial charge in [-0.15, -0.1) is 0 Å². The molecule has 0 fully saturated rings. The Morgan fingerprint density at radius 1 is 0.811 bits per heavy atom. The van der Waals surface area contributed by atoms with Gasteiger partial charge in [-0.1, -0.05) is 84.9 Å². The van der Waals surface area contributed by atoms with Crippen LogP contribution in [0.1, 0.15) is 40.2 Å². The zero-order chi connectivity index (χ0) is 26.3. The highest BCUT2D eigenvalue weighted by atomic mass is 19.4. The first-order chi connectivity index (χ1) is 17.8. The van der Waals surface area contributed by atoms with Gasteiger partial charge in [-0.3, -0.25) is 0 Å². The molecule has 4 aromatic carbocycles. The fourth-order valence-corrected chi connectivity index (χ4v) is 4.38. The molecular formula is C31H29F3N2O. The van der Waals surface area contributed by atoms with E-state index in [2.05, 4.69) is 29.6 Å². The molecule has 4 aromatic rings. The summed E-state index contributed by atoms with van der Waals surface area (Å²) in [5.74, 6) is 0.0595. The minimum absolute atomic E-state index is 0.0595. The van der Waals surface area contributed by atoms with Crippen molar-refractivity contribution < 1.29 is 18.0 Å². The number of amides is 2. The van der Waals surface area contributed by atoms with Crippen LogP contribution in [0, 0.1) is 6.92 Å². The van der Waals surface area contributed by atoms with Gasteiger partial charge in [0.05, 0.1) is 5.56 Å². The molecule has 3 nitrogen and oxygen atoms in total. The molecule has 0 spiro atoms. The topological polar surface area (TPSA) is 32.3 Å². The first-order valence-corrected chi connectivity index (χ1v) is 12.2. The number of hydrogen-bond acceptors (Lipinski definition) is 1. The predicted octanol–water partition coefficient (Wildman–Crippen LogP) is 8.27. The number of alkyl halides is 3. The molecule has 0 aliphatic carbocycles. The van der Waals surface area contributed by atoms with E-state index in [9.17, 15) is 18.0 Å². The number of anilines is 1. The van der Waals surface area contributed by atoms with Gasteiger partial charge in [-0.05, 0) is 59.9 Å². The molecule has 2 amide bonds. The van der Waals surface area contributed by atoms with Gasteiger partial charge in [0.25, 0.3) is 0 Å². The molecular weight excluding hydrogens is 473 g/mol. The molecule has 1 N–H and O–H groups in total. The van der Waals surface area contributed by atoms with Crippen molar-refractivity contribution in [1.82, 2.24) is 4.90 Å². The molecule has 0 saturated heterocycles. The smallest absolute Gasteiger partial charge is 0.320 e. The van der Waals surface area contributed by atoms with Crippen LogP contribution in [0.25, 0.3) is 0 Å². The molecule has 6 heteroatoms. The highest BCUT2D eigenvalue weighted by Crippen LogP contribution is 2.30. The number of carbonyl (C=O) groups excluding carboxylic acids is 1. The number of nitrogens with zero attached hydrogens (tertiary/aromatic N) is 1. The second-order valence-electron chi connectivity index (χ2n) is 9.08. The summed E-state index contributed by atoms with van der Waals surface area (Å²) in [4.78, 5) is 15.0. The standard InChI is InChI=1S/C31H29F3N2O/c1-23-9-8-14-28(21-23)35-30(37)36(22-24-15-17-27(18-16-24)31(32,33)34)20-19-29(25-10-4-2-5-11-25)26-12-6-3-7-13-26/h2-18,21,29H,19-20,22H2,1H3,(H,35,37). The summed E-state index contributed by atoms with van der Waals surface area (Å²) in [6, 6.07) is 32.4. The maximum absolute atomic E-state index is 13.4.